The van der Waals surface area contributed by atoms with E-state index in [1.54, 1.807) is 0 Å². The minimum absolute atomic E-state index is 0.317. The first-order valence-electron chi connectivity index (χ1n) is 6.50. The third-order valence-electron chi connectivity index (χ3n) is 3.66. The first-order valence-corrected chi connectivity index (χ1v) is 6.50. The van der Waals surface area contributed by atoms with Crippen molar-refractivity contribution in [3.05, 3.63) is 0 Å². The molecule has 0 aromatic carbocycles. The molecule has 0 aromatic heterocycles. The first kappa shape index (κ1) is 13.9. The van der Waals surface area contributed by atoms with Gasteiger partial charge in [-0.25, -0.2) is 0 Å². The Kier molecular flexibility index (Phi) is 5.22. The molecule has 3 heteroatoms. The largest absolute Gasteiger partial charge is 0.390 e. The Bertz CT molecular complexity index is 196. The van der Waals surface area contributed by atoms with E-state index >= 15 is 0 Å². The summed E-state index contributed by atoms with van der Waals surface area (Å²) in [4.78, 5) is 2.39. The second kappa shape index (κ2) is 5.99. The standard InChI is InChI=1S/C13H27NO2/c1-11(2)13(15)5-7-14(8-6-13)9-10-16-12(3)4/h11-12,15H,5-10H2,1-4H3. The number of hydrogen-bond donors (Lipinski definition) is 1. The van der Waals surface area contributed by atoms with Gasteiger partial charge in [0, 0.05) is 19.6 Å². The van der Waals surface area contributed by atoms with Crippen LogP contribution in [0.2, 0.25) is 0 Å². The summed E-state index contributed by atoms with van der Waals surface area (Å²) in [6, 6.07) is 0. The molecule has 0 atom stereocenters. The van der Waals surface area contributed by atoms with E-state index in [4.69, 9.17) is 4.74 Å². The summed E-state index contributed by atoms with van der Waals surface area (Å²) in [6.45, 7) is 12.1. The SMILES string of the molecule is CC(C)OCCN1CCC(O)(C(C)C)CC1. The minimum Gasteiger partial charge on any atom is -0.390 e. The summed E-state index contributed by atoms with van der Waals surface area (Å²) < 4.78 is 5.54. The average Bonchev–Trinajstić information content (AvgIpc) is 2.20. The molecule has 1 fully saturated rings. The lowest BCUT2D eigenvalue weighted by atomic mass is 9.81. The maximum Gasteiger partial charge on any atom is 0.0694 e. The molecule has 1 aliphatic rings. The fourth-order valence-electron chi connectivity index (χ4n) is 2.16. The maximum absolute atomic E-state index is 10.3. The smallest absolute Gasteiger partial charge is 0.0694 e. The predicted octanol–water partition coefficient (Wildman–Crippen LogP) is 1.89. The van der Waals surface area contributed by atoms with Crippen molar-refractivity contribution in [3.63, 3.8) is 0 Å². The average molecular weight is 229 g/mol. The van der Waals surface area contributed by atoms with Crippen LogP contribution in [0, 0.1) is 5.92 Å². The highest BCUT2D eigenvalue weighted by atomic mass is 16.5. The van der Waals surface area contributed by atoms with E-state index in [2.05, 4.69) is 32.6 Å². The highest BCUT2D eigenvalue weighted by molar-refractivity contribution is 4.88. The van der Waals surface area contributed by atoms with Gasteiger partial charge in [-0.1, -0.05) is 13.8 Å². The van der Waals surface area contributed by atoms with Crippen LogP contribution in [-0.4, -0.2) is 48.0 Å². The molecule has 1 heterocycles. The number of nitrogens with zero attached hydrogens (tertiary/aromatic N) is 1. The summed E-state index contributed by atoms with van der Waals surface area (Å²) in [5.74, 6) is 0.363. The minimum atomic E-state index is -0.435. The maximum atomic E-state index is 10.3. The summed E-state index contributed by atoms with van der Waals surface area (Å²) in [5, 5.41) is 10.3. The van der Waals surface area contributed by atoms with Crippen LogP contribution in [0.25, 0.3) is 0 Å². The Hall–Kier alpha value is -0.120. The third-order valence-corrected chi connectivity index (χ3v) is 3.66. The Morgan fingerprint density at radius 2 is 1.75 bits per heavy atom. The van der Waals surface area contributed by atoms with Gasteiger partial charge < -0.3 is 14.7 Å². The molecule has 0 aliphatic carbocycles. The second-order valence-corrected chi connectivity index (χ2v) is 5.52. The quantitative estimate of drug-likeness (QED) is 0.781. The second-order valence-electron chi connectivity index (χ2n) is 5.52. The van der Waals surface area contributed by atoms with Crippen molar-refractivity contribution in [2.45, 2.75) is 52.2 Å². The highest BCUT2D eigenvalue weighted by Gasteiger charge is 2.34. The van der Waals surface area contributed by atoms with Crippen LogP contribution >= 0.6 is 0 Å². The molecule has 0 bridgehead atoms. The topological polar surface area (TPSA) is 32.7 Å². The van der Waals surface area contributed by atoms with Crippen LogP contribution in [0.5, 0.6) is 0 Å². The van der Waals surface area contributed by atoms with Crippen LogP contribution in [0.3, 0.4) is 0 Å². The van der Waals surface area contributed by atoms with Gasteiger partial charge in [0.25, 0.3) is 0 Å². The number of piperidine rings is 1. The molecule has 1 aliphatic heterocycles. The normalized spacial score (nSPS) is 21.9. The predicted molar refractivity (Wildman–Crippen MR) is 66.5 cm³/mol. The molecule has 1 saturated heterocycles. The van der Waals surface area contributed by atoms with Crippen LogP contribution in [-0.2, 0) is 4.74 Å². The summed E-state index contributed by atoms with van der Waals surface area (Å²) in [7, 11) is 0. The number of hydrogen-bond acceptors (Lipinski definition) is 3. The van der Waals surface area contributed by atoms with E-state index in [0.717, 1.165) is 39.1 Å². The van der Waals surface area contributed by atoms with Gasteiger partial charge in [-0.05, 0) is 32.6 Å². The number of aliphatic hydroxyl groups is 1. The molecule has 0 spiro atoms. The van der Waals surface area contributed by atoms with Crippen molar-refractivity contribution in [1.82, 2.24) is 4.90 Å². The highest BCUT2D eigenvalue weighted by Crippen LogP contribution is 2.29. The zero-order valence-electron chi connectivity index (χ0n) is 11.2. The molecule has 0 radical (unpaired) electrons. The van der Waals surface area contributed by atoms with E-state index in [1.807, 2.05) is 0 Å². The Labute approximate surface area is 99.8 Å². The zero-order valence-corrected chi connectivity index (χ0v) is 11.2. The van der Waals surface area contributed by atoms with Gasteiger partial charge in [0.05, 0.1) is 18.3 Å². The van der Waals surface area contributed by atoms with Crippen molar-refractivity contribution >= 4 is 0 Å². The van der Waals surface area contributed by atoms with Gasteiger partial charge in [0.1, 0.15) is 0 Å². The molecule has 1 rings (SSSR count). The number of likely N-dealkylation sites (tertiary alicyclic amines) is 1. The van der Waals surface area contributed by atoms with Gasteiger partial charge in [-0.15, -0.1) is 0 Å². The Morgan fingerprint density at radius 3 is 2.19 bits per heavy atom. The summed E-state index contributed by atoms with van der Waals surface area (Å²) in [6.07, 6.45) is 2.11. The molecule has 0 aromatic rings. The van der Waals surface area contributed by atoms with Crippen molar-refractivity contribution in [2.24, 2.45) is 5.92 Å². The molecule has 16 heavy (non-hydrogen) atoms. The van der Waals surface area contributed by atoms with E-state index in [1.165, 1.54) is 0 Å². The van der Waals surface area contributed by atoms with E-state index < -0.39 is 5.60 Å². The zero-order chi connectivity index (χ0) is 12.2. The first-order chi connectivity index (χ1) is 7.44. The third kappa shape index (κ3) is 4.04. The molecular weight excluding hydrogens is 202 g/mol. The molecule has 96 valence electrons. The lowest BCUT2D eigenvalue weighted by molar-refractivity contribution is -0.0610. The van der Waals surface area contributed by atoms with Crippen molar-refractivity contribution in [1.29, 1.82) is 0 Å². The van der Waals surface area contributed by atoms with E-state index in [9.17, 15) is 5.11 Å². The van der Waals surface area contributed by atoms with Gasteiger partial charge in [0.15, 0.2) is 0 Å². The van der Waals surface area contributed by atoms with E-state index in [0.29, 0.717) is 12.0 Å². The Balaban J connectivity index is 2.22. The summed E-state index contributed by atoms with van der Waals surface area (Å²) >= 11 is 0. The fraction of sp³-hybridized carbons (Fsp3) is 1.00. The van der Waals surface area contributed by atoms with Crippen molar-refractivity contribution < 1.29 is 9.84 Å². The van der Waals surface area contributed by atoms with Gasteiger partial charge >= 0.3 is 0 Å². The van der Waals surface area contributed by atoms with Crippen LogP contribution in [0.15, 0.2) is 0 Å². The molecule has 3 nitrogen and oxygen atoms in total. The molecule has 0 unspecified atom stereocenters. The van der Waals surface area contributed by atoms with Crippen molar-refractivity contribution in [2.75, 3.05) is 26.2 Å². The van der Waals surface area contributed by atoms with Crippen LogP contribution in [0.1, 0.15) is 40.5 Å². The fourth-order valence-corrected chi connectivity index (χ4v) is 2.16. The lowest BCUT2D eigenvalue weighted by Gasteiger charge is -2.40. The van der Waals surface area contributed by atoms with Crippen molar-refractivity contribution in [3.8, 4) is 0 Å². The van der Waals surface area contributed by atoms with Gasteiger partial charge in [-0.2, -0.15) is 0 Å². The molecule has 1 N–H and O–H groups in total. The monoisotopic (exact) mass is 229 g/mol. The van der Waals surface area contributed by atoms with Crippen LogP contribution < -0.4 is 0 Å². The summed E-state index contributed by atoms with van der Waals surface area (Å²) in [5.41, 5.74) is -0.435. The van der Waals surface area contributed by atoms with Gasteiger partial charge in [0.2, 0.25) is 0 Å². The lowest BCUT2D eigenvalue weighted by Crippen LogP contribution is -2.48. The molecule has 0 saturated carbocycles. The number of rotatable bonds is 5. The van der Waals surface area contributed by atoms with E-state index in [-0.39, 0.29) is 0 Å². The van der Waals surface area contributed by atoms with Gasteiger partial charge in [-0.3, -0.25) is 0 Å². The molecular formula is C13H27NO2. The molecule has 0 amide bonds. The number of ether oxygens (including phenoxy) is 1. The Morgan fingerprint density at radius 1 is 1.19 bits per heavy atom. The van der Waals surface area contributed by atoms with Crippen LogP contribution in [0.4, 0.5) is 0 Å².